The van der Waals surface area contributed by atoms with E-state index < -0.39 is 6.10 Å². The third-order valence-corrected chi connectivity index (χ3v) is 3.92. The Bertz CT molecular complexity index is 627. The summed E-state index contributed by atoms with van der Waals surface area (Å²) in [6.45, 7) is 6.24. The van der Waals surface area contributed by atoms with Crippen LogP contribution in [0.5, 0.6) is 5.75 Å². The van der Waals surface area contributed by atoms with Gasteiger partial charge >= 0.3 is 0 Å². The number of aliphatic hydroxyl groups is 1. The standard InChI is InChI=1S/C18H23NO2/c1-11-8-12(2)15(13(3)9-11)10-16(20)14-6-5-7-17(21-4)18(14)19/h5-9,16,20H,10,19H2,1-4H3. The zero-order chi connectivity index (χ0) is 15.6. The smallest absolute Gasteiger partial charge is 0.142 e. The zero-order valence-corrected chi connectivity index (χ0v) is 13.1. The molecule has 0 aromatic heterocycles. The number of nitrogen functional groups attached to an aromatic ring is 1. The molecule has 3 heteroatoms. The van der Waals surface area contributed by atoms with E-state index in [9.17, 15) is 5.11 Å². The molecule has 3 nitrogen and oxygen atoms in total. The molecule has 0 saturated heterocycles. The van der Waals surface area contributed by atoms with Crippen molar-refractivity contribution in [2.75, 3.05) is 12.8 Å². The Hall–Kier alpha value is -2.00. The minimum absolute atomic E-state index is 0.509. The quantitative estimate of drug-likeness (QED) is 0.846. The van der Waals surface area contributed by atoms with Crippen LogP contribution in [0.4, 0.5) is 5.69 Å². The summed E-state index contributed by atoms with van der Waals surface area (Å²) in [6, 6.07) is 9.78. The van der Waals surface area contributed by atoms with Crippen LogP contribution in [-0.2, 0) is 6.42 Å². The highest BCUT2D eigenvalue weighted by molar-refractivity contribution is 5.59. The Balaban J connectivity index is 2.33. The fourth-order valence-corrected chi connectivity index (χ4v) is 2.86. The molecule has 0 aliphatic heterocycles. The van der Waals surface area contributed by atoms with Crippen molar-refractivity contribution < 1.29 is 9.84 Å². The van der Waals surface area contributed by atoms with Gasteiger partial charge in [-0.15, -0.1) is 0 Å². The number of anilines is 1. The molecule has 0 radical (unpaired) electrons. The molecule has 112 valence electrons. The number of rotatable bonds is 4. The summed E-state index contributed by atoms with van der Waals surface area (Å²) < 4.78 is 5.21. The summed E-state index contributed by atoms with van der Waals surface area (Å²) in [7, 11) is 1.58. The molecule has 2 aromatic carbocycles. The van der Waals surface area contributed by atoms with Crippen LogP contribution in [0.1, 0.15) is 33.9 Å². The maximum Gasteiger partial charge on any atom is 0.142 e. The number of hydrogen-bond donors (Lipinski definition) is 2. The normalized spacial score (nSPS) is 12.2. The third kappa shape index (κ3) is 3.19. The van der Waals surface area contributed by atoms with E-state index in [1.807, 2.05) is 12.1 Å². The first-order valence-corrected chi connectivity index (χ1v) is 7.11. The van der Waals surface area contributed by atoms with E-state index in [0.717, 1.165) is 0 Å². The largest absolute Gasteiger partial charge is 0.495 e. The Morgan fingerprint density at radius 3 is 2.33 bits per heavy atom. The predicted molar refractivity (Wildman–Crippen MR) is 86.7 cm³/mol. The Labute approximate surface area is 126 Å². The molecule has 21 heavy (non-hydrogen) atoms. The molecule has 0 saturated carbocycles. The van der Waals surface area contributed by atoms with E-state index >= 15 is 0 Å². The maximum atomic E-state index is 10.6. The van der Waals surface area contributed by atoms with Crippen molar-refractivity contribution in [1.29, 1.82) is 0 Å². The van der Waals surface area contributed by atoms with Crippen molar-refractivity contribution in [2.45, 2.75) is 33.3 Å². The summed E-state index contributed by atoms with van der Waals surface area (Å²) in [5.41, 5.74) is 12.1. The average Bonchev–Trinajstić information content (AvgIpc) is 2.42. The van der Waals surface area contributed by atoms with Gasteiger partial charge in [0.05, 0.1) is 18.9 Å². The monoisotopic (exact) mass is 285 g/mol. The molecule has 0 spiro atoms. The van der Waals surface area contributed by atoms with Gasteiger partial charge in [0, 0.05) is 12.0 Å². The van der Waals surface area contributed by atoms with Crippen LogP contribution < -0.4 is 10.5 Å². The van der Waals surface area contributed by atoms with Gasteiger partial charge in [0.1, 0.15) is 5.75 Å². The van der Waals surface area contributed by atoms with Gasteiger partial charge in [-0.05, 0) is 43.5 Å². The molecule has 0 bridgehead atoms. The fraction of sp³-hybridized carbons (Fsp3) is 0.333. The van der Waals surface area contributed by atoms with Crippen LogP contribution in [-0.4, -0.2) is 12.2 Å². The van der Waals surface area contributed by atoms with Gasteiger partial charge in [-0.25, -0.2) is 0 Å². The lowest BCUT2D eigenvalue weighted by atomic mass is 9.92. The zero-order valence-electron chi connectivity index (χ0n) is 13.1. The number of ether oxygens (including phenoxy) is 1. The number of nitrogens with two attached hydrogens (primary N) is 1. The van der Waals surface area contributed by atoms with Crippen molar-refractivity contribution in [3.63, 3.8) is 0 Å². The number of methoxy groups -OCH3 is 1. The van der Waals surface area contributed by atoms with Gasteiger partial charge in [-0.1, -0.05) is 29.8 Å². The molecular weight excluding hydrogens is 262 g/mol. The molecule has 1 unspecified atom stereocenters. The van der Waals surface area contributed by atoms with E-state index in [-0.39, 0.29) is 0 Å². The second kappa shape index (κ2) is 6.19. The average molecular weight is 285 g/mol. The minimum atomic E-state index is -0.639. The molecule has 3 N–H and O–H groups in total. The number of benzene rings is 2. The third-order valence-electron chi connectivity index (χ3n) is 3.92. The van der Waals surface area contributed by atoms with E-state index in [4.69, 9.17) is 10.5 Å². The van der Waals surface area contributed by atoms with Crippen LogP contribution in [0.2, 0.25) is 0 Å². The number of aryl methyl sites for hydroxylation is 3. The SMILES string of the molecule is COc1cccc(C(O)Cc2c(C)cc(C)cc2C)c1N. The lowest BCUT2D eigenvalue weighted by Crippen LogP contribution is -2.08. The van der Waals surface area contributed by atoms with Crippen molar-refractivity contribution in [1.82, 2.24) is 0 Å². The Morgan fingerprint density at radius 2 is 1.76 bits per heavy atom. The predicted octanol–water partition coefficient (Wildman–Crippen LogP) is 3.48. The van der Waals surface area contributed by atoms with E-state index in [1.165, 1.54) is 22.3 Å². The second-order valence-corrected chi connectivity index (χ2v) is 5.56. The van der Waals surface area contributed by atoms with Crippen molar-refractivity contribution in [3.05, 3.63) is 58.1 Å². The van der Waals surface area contributed by atoms with Crippen LogP contribution in [0.25, 0.3) is 0 Å². The topological polar surface area (TPSA) is 55.5 Å². The lowest BCUT2D eigenvalue weighted by molar-refractivity contribution is 0.178. The molecule has 0 fully saturated rings. The van der Waals surface area contributed by atoms with E-state index in [1.54, 1.807) is 13.2 Å². The van der Waals surface area contributed by atoms with Gasteiger partial charge in [0.25, 0.3) is 0 Å². The maximum absolute atomic E-state index is 10.6. The van der Waals surface area contributed by atoms with Crippen LogP contribution in [0, 0.1) is 20.8 Å². The van der Waals surface area contributed by atoms with Crippen LogP contribution in [0.15, 0.2) is 30.3 Å². The Morgan fingerprint density at radius 1 is 1.14 bits per heavy atom. The van der Waals surface area contributed by atoms with Gasteiger partial charge in [0.15, 0.2) is 0 Å². The van der Waals surface area contributed by atoms with Crippen molar-refractivity contribution >= 4 is 5.69 Å². The van der Waals surface area contributed by atoms with Crippen LogP contribution in [0.3, 0.4) is 0 Å². The van der Waals surface area contributed by atoms with Gasteiger partial charge in [-0.3, -0.25) is 0 Å². The molecule has 2 aromatic rings. The molecule has 0 aliphatic rings. The van der Waals surface area contributed by atoms with Crippen molar-refractivity contribution in [2.24, 2.45) is 0 Å². The molecule has 0 heterocycles. The second-order valence-electron chi connectivity index (χ2n) is 5.56. The Kier molecular flexibility index (Phi) is 4.53. The molecule has 0 aliphatic carbocycles. The lowest BCUT2D eigenvalue weighted by Gasteiger charge is -2.18. The molecule has 2 rings (SSSR count). The first-order valence-electron chi connectivity index (χ1n) is 7.11. The van der Waals surface area contributed by atoms with Crippen molar-refractivity contribution in [3.8, 4) is 5.75 Å². The number of para-hydroxylation sites is 1. The number of aliphatic hydroxyl groups excluding tert-OH is 1. The fourth-order valence-electron chi connectivity index (χ4n) is 2.86. The molecule has 1 atom stereocenters. The minimum Gasteiger partial charge on any atom is -0.495 e. The van der Waals surface area contributed by atoms with Crippen LogP contribution >= 0.6 is 0 Å². The van der Waals surface area contributed by atoms with E-state index in [2.05, 4.69) is 32.9 Å². The summed E-state index contributed by atoms with van der Waals surface area (Å²) >= 11 is 0. The summed E-state index contributed by atoms with van der Waals surface area (Å²) in [6.07, 6.45) is -0.0878. The highest BCUT2D eigenvalue weighted by Gasteiger charge is 2.16. The highest BCUT2D eigenvalue weighted by atomic mass is 16.5. The van der Waals surface area contributed by atoms with E-state index in [0.29, 0.717) is 23.4 Å². The first kappa shape index (κ1) is 15.4. The van der Waals surface area contributed by atoms with Gasteiger partial charge < -0.3 is 15.6 Å². The summed E-state index contributed by atoms with van der Waals surface area (Å²) in [5, 5.41) is 10.6. The summed E-state index contributed by atoms with van der Waals surface area (Å²) in [4.78, 5) is 0. The molecule has 0 amide bonds. The number of hydrogen-bond acceptors (Lipinski definition) is 3. The van der Waals surface area contributed by atoms with Gasteiger partial charge in [0.2, 0.25) is 0 Å². The first-order chi connectivity index (χ1) is 9.93. The highest BCUT2D eigenvalue weighted by Crippen LogP contribution is 2.32. The summed E-state index contributed by atoms with van der Waals surface area (Å²) in [5.74, 6) is 0.601. The molecular formula is C18H23NO2. The van der Waals surface area contributed by atoms with Gasteiger partial charge in [-0.2, -0.15) is 0 Å².